The van der Waals surface area contributed by atoms with Crippen LogP contribution in [0.4, 0.5) is 0 Å². The van der Waals surface area contributed by atoms with Crippen LogP contribution < -0.4 is 5.32 Å². The van der Waals surface area contributed by atoms with Gasteiger partial charge in [0, 0.05) is 134 Å². The van der Waals surface area contributed by atoms with Gasteiger partial charge in [0.2, 0.25) is 0 Å². The first-order chi connectivity index (χ1) is 49.3. The van der Waals surface area contributed by atoms with E-state index >= 15 is 0 Å². The van der Waals surface area contributed by atoms with Gasteiger partial charge >= 0.3 is 0 Å². The summed E-state index contributed by atoms with van der Waals surface area (Å²) in [6.45, 7) is 97.6. The van der Waals surface area contributed by atoms with Gasteiger partial charge in [0.05, 0.1) is 88.0 Å². The number of hydrogen-bond acceptors (Lipinski definition) is 19. The van der Waals surface area contributed by atoms with E-state index in [0.717, 1.165) is 129 Å². The molecule has 0 saturated carbocycles. The molecule has 0 spiro atoms. The molecule has 10 aliphatic rings. The number of nitrogens with zero attached hydrogens (tertiary/aromatic N) is 9. The van der Waals surface area contributed by atoms with E-state index in [2.05, 4.69) is 181 Å². The summed E-state index contributed by atoms with van der Waals surface area (Å²) >= 11 is 0. The van der Waals surface area contributed by atoms with Crippen molar-refractivity contribution in [1.29, 1.82) is 0 Å². The van der Waals surface area contributed by atoms with Gasteiger partial charge in [-0.1, -0.05) is 131 Å². The number of ether oxygens (including phenoxy) is 5. The maximum absolute atomic E-state index is 11.1. The molecule has 0 aliphatic carbocycles. The highest BCUT2D eigenvalue weighted by molar-refractivity contribution is 7.91. The monoisotopic (exact) mass is 1530 g/mol. The van der Waals surface area contributed by atoms with Crippen molar-refractivity contribution < 1.29 is 40.5 Å². The van der Waals surface area contributed by atoms with Gasteiger partial charge in [0.1, 0.15) is 6.10 Å². The van der Waals surface area contributed by atoms with Crippen molar-refractivity contribution >= 4 is 19.7 Å². The Labute approximate surface area is 652 Å². The largest absolute Gasteiger partial charge is 0.379 e. The third-order valence-corrected chi connectivity index (χ3v) is 21.1. The Hall–Kier alpha value is -0.700. The fourth-order valence-electron chi connectivity index (χ4n) is 11.5. The van der Waals surface area contributed by atoms with Crippen LogP contribution in [0.5, 0.6) is 0 Å². The summed E-state index contributed by atoms with van der Waals surface area (Å²) in [5, 5.41) is 3.35. The Morgan fingerprint density at radius 3 is 0.837 bits per heavy atom. The number of rotatable bonds is 14. The molecule has 0 aromatic carbocycles. The Kier molecular flexibility index (Phi) is 82.4. The molecule has 10 saturated heterocycles. The zero-order valence-electron chi connectivity index (χ0n) is 75.8. The molecule has 10 fully saturated rings. The van der Waals surface area contributed by atoms with E-state index in [-0.39, 0.29) is 0 Å². The third-order valence-electron chi connectivity index (χ3n) is 17.8. The molecule has 0 atom stereocenters. The normalized spacial score (nSPS) is 20.9. The zero-order chi connectivity index (χ0) is 81.2. The second-order valence-corrected chi connectivity index (χ2v) is 34.6. The standard InChI is InChI=1S/C8H18N2.C8H17NO2S.C8H17NO.C8H17N.C7H15NO2S.C7H15NO.C7H15N.C6H13NO.C6H13N.C6H12O2.6C2H6/c1-8(2)10-6-4-9(3)5-7-10;1-8(2)7-9-3-5-12(10,11)6-4-9;1-8(2)7-9-3-5-10-6-4-9;1-8(2)9-6-4-3-5-7-9;1-7(2)8-3-5-11(9,10)6-4-8;1-7(2)8-3-5-9-6-4-8;1-7(2)8-5-3-4-6-8;1-5(2)7-6-3-8-4-6;1-6(2)7-4-3-5-7;1-5(2)8-6-3-7-4-6;6*1-2/h8H,4-7H2,1-3H3;8H,3-7H2,1-2H3;8H,3-7H2,1-2H3;8H,3-7H2,1-2H3;7H,3-6H2,1-2H3;7H,3-6H2,1-2H3;7H,3-6H2,1-2H3;5-7H,3-4H2,1-2H3;6H,3-5H2,1-2H3;5-6H,3-4H2,1-2H3;6*1-2H3. The van der Waals surface area contributed by atoms with Crippen LogP contribution in [-0.2, 0) is 43.4 Å². The van der Waals surface area contributed by atoms with Crippen molar-refractivity contribution in [1.82, 2.24) is 49.4 Å². The Bertz CT molecular complexity index is 1860. The summed E-state index contributed by atoms with van der Waals surface area (Å²) in [6.07, 6.45) is 9.26. The first-order valence-electron chi connectivity index (χ1n) is 43.0. The summed E-state index contributed by atoms with van der Waals surface area (Å²) < 4.78 is 69.8. The number of piperidine rings is 1. The van der Waals surface area contributed by atoms with E-state index in [9.17, 15) is 16.8 Å². The molecular weight excluding hydrogens is 1350 g/mol. The van der Waals surface area contributed by atoms with Crippen molar-refractivity contribution in [2.24, 2.45) is 11.8 Å². The Morgan fingerprint density at radius 2 is 0.606 bits per heavy atom. The summed E-state index contributed by atoms with van der Waals surface area (Å²) in [5.74, 6) is 2.79. The molecule has 0 amide bonds. The minimum atomic E-state index is -2.69. The van der Waals surface area contributed by atoms with Crippen LogP contribution in [0.25, 0.3) is 0 Å². The summed E-state index contributed by atoms with van der Waals surface area (Å²) in [6, 6.07) is 5.46. The number of likely N-dealkylation sites (tertiary alicyclic amines) is 3. The summed E-state index contributed by atoms with van der Waals surface area (Å²) in [5.41, 5.74) is 0. The van der Waals surface area contributed by atoms with Crippen LogP contribution >= 0.6 is 0 Å². The molecule has 21 heteroatoms. The van der Waals surface area contributed by atoms with Crippen LogP contribution in [0.1, 0.15) is 260 Å². The van der Waals surface area contributed by atoms with Crippen molar-refractivity contribution in [3.8, 4) is 0 Å². The Balaban J connectivity index is -0.000000253. The van der Waals surface area contributed by atoms with Crippen molar-refractivity contribution in [2.45, 2.75) is 321 Å². The average Bonchev–Trinajstić information content (AvgIpc) is 1.02. The molecule has 636 valence electrons. The Morgan fingerprint density at radius 1 is 0.327 bits per heavy atom. The van der Waals surface area contributed by atoms with Crippen LogP contribution in [0.15, 0.2) is 0 Å². The van der Waals surface area contributed by atoms with Gasteiger partial charge in [-0.2, -0.15) is 0 Å². The number of morpholine rings is 2. The number of hydrogen-bond donors (Lipinski definition) is 1. The lowest BCUT2D eigenvalue weighted by Crippen LogP contribution is -2.48. The molecule has 19 nitrogen and oxygen atoms in total. The van der Waals surface area contributed by atoms with Gasteiger partial charge in [-0.25, -0.2) is 16.8 Å². The molecule has 0 unspecified atom stereocenters. The lowest BCUT2D eigenvalue weighted by molar-refractivity contribution is -0.146. The van der Waals surface area contributed by atoms with E-state index in [1.807, 2.05) is 96.9 Å². The van der Waals surface area contributed by atoms with Gasteiger partial charge < -0.3 is 53.5 Å². The fourth-order valence-corrected chi connectivity index (χ4v) is 14.0. The van der Waals surface area contributed by atoms with Gasteiger partial charge in [0.15, 0.2) is 19.7 Å². The average molecular weight is 1530 g/mol. The summed E-state index contributed by atoms with van der Waals surface area (Å²) in [7, 11) is -3.19. The minimum Gasteiger partial charge on any atom is -0.379 e. The smallest absolute Gasteiger partial charge is 0.152 e. The van der Waals surface area contributed by atoms with E-state index in [1.165, 1.54) is 111 Å². The molecule has 10 rings (SSSR count). The van der Waals surface area contributed by atoms with Crippen LogP contribution in [-0.4, -0.2) is 335 Å². The lowest BCUT2D eigenvalue weighted by Gasteiger charge is -2.34. The van der Waals surface area contributed by atoms with Crippen molar-refractivity contribution in [2.75, 3.05) is 214 Å². The van der Waals surface area contributed by atoms with Crippen LogP contribution in [0, 0.1) is 11.8 Å². The fraction of sp³-hybridized carbons (Fsp3) is 1.00. The van der Waals surface area contributed by atoms with E-state index in [1.54, 1.807) is 0 Å². The molecule has 0 aromatic rings. The maximum atomic E-state index is 11.1. The predicted molar refractivity (Wildman–Crippen MR) is 459 cm³/mol. The molecule has 10 aliphatic heterocycles. The molecule has 10 heterocycles. The number of sulfone groups is 2. The van der Waals surface area contributed by atoms with Crippen LogP contribution in [0.2, 0.25) is 0 Å². The maximum Gasteiger partial charge on any atom is 0.152 e. The van der Waals surface area contributed by atoms with Crippen molar-refractivity contribution in [3.05, 3.63) is 0 Å². The van der Waals surface area contributed by atoms with Gasteiger partial charge in [-0.3, -0.25) is 19.6 Å². The highest BCUT2D eigenvalue weighted by Gasteiger charge is 2.25. The number of likely N-dealkylation sites (N-methyl/N-ethyl adjacent to an activating group) is 1. The van der Waals surface area contributed by atoms with Crippen LogP contribution in [0.3, 0.4) is 0 Å². The second-order valence-electron chi connectivity index (χ2n) is 30.0. The molecular formula is C83H188N10O9S2. The molecule has 1 N–H and O–H groups in total. The quantitative estimate of drug-likeness (QED) is 0.175. The van der Waals surface area contributed by atoms with E-state index in [4.69, 9.17) is 23.7 Å². The first kappa shape index (κ1) is 114. The molecule has 0 bridgehead atoms. The third kappa shape index (κ3) is 68.1. The predicted octanol–water partition coefficient (Wildman–Crippen LogP) is 14.7. The van der Waals surface area contributed by atoms with Gasteiger partial charge in [-0.15, -0.1) is 0 Å². The van der Waals surface area contributed by atoms with E-state index < -0.39 is 19.7 Å². The highest BCUT2D eigenvalue weighted by Crippen LogP contribution is 2.14. The number of piperazine rings is 1. The van der Waals surface area contributed by atoms with Crippen molar-refractivity contribution in [3.63, 3.8) is 0 Å². The lowest BCUT2D eigenvalue weighted by atomic mass is 10.1. The zero-order valence-corrected chi connectivity index (χ0v) is 77.4. The minimum absolute atomic E-state index is 0.338. The highest BCUT2D eigenvalue weighted by atomic mass is 32.2. The number of nitrogens with one attached hydrogen (secondary N) is 1. The van der Waals surface area contributed by atoms with Gasteiger partial charge in [0.25, 0.3) is 0 Å². The molecule has 104 heavy (non-hydrogen) atoms. The van der Waals surface area contributed by atoms with E-state index in [0.29, 0.717) is 78.4 Å². The summed E-state index contributed by atoms with van der Waals surface area (Å²) in [4.78, 5) is 21.8. The molecule has 0 radical (unpaired) electrons. The second kappa shape index (κ2) is 75.0. The molecule has 0 aromatic heterocycles. The SMILES string of the molecule is CC.CC.CC.CC.CC.CC.CC(C)CN1CCOCC1.CC(C)CN1CCS(=O)(=O)CC1.CC(C)N1CCC1.CC(C)N1CCCC1.CC(C)N1CCCCC1.CC(C)N1CCN(C)CC1.CC(C)N1CCOCC1.CC(C)N1CCS(=O)(=O)CC1.CC(C)NC1COC1.CC(C)OC1COC1. The first-order valence-corrected chi connectivity index (χ1v) is 46.6. The topological polar surface area (TPSA) is 156 Å². The van der Waals surface area contributed by atoms with Gasteiger partial charge in [-0.05, 0) is 187 Å².